The van der Waals surface area contributed by atoms with E-state index in [9.17, 15) is 13.6 Å². The minimum absolute atomic E-state index is 0.0912. The second-order valence-electron chi connectivity index (χ2n) is 2.32. The van der Waals surface area contributed by atoms with Gasteiger partial charge in [0.2, 0.25) is 5.56 Å². The largest absolute Gasteiger partial charge is 0.324 e. The zero-order chi connectivity index (χ0) is 10.0. The van der Waals surface area contributed by atoms with Crippen LogP contribution in [0, 0.1) is 0 Å². The summed E-state index contributed by atoms with van der Waals surface area (Å²) in [5, 5.41) is 0.147. The van der Waals surface area contributed by atoms with Crippen molar-refractivity contribution in [1.82, 2.24) is 4.98 Å². The quantitative estimate of drug-likeness (QED) is 0.825. The summed E-state index contributed by atoms with van der Waals surface area (Å²) in [6.45, 7) is 0. The Labute approximate surface area is 86.0 Å². The maximum Gasteiger partial charge on any atom is 0.265 e. The minimum Gasteiger partial charge on any atom is -0.324 e. The summed E-state index contributed by atoms with van der Waals surface area (Å²) in [4.78, 5) is 13.2. The Bertz CT molecular complexity index is 366. The average Bonchev–Trinajstić information content (AvgIpc) is 2.08. The molecule has 0 saturated heterocycles. The zero-order valence-corrected chi connectivity index (χ0v) is 8.62. The fourth-order valence-electron chi connectivity index (χ4n) is 0.869. The summed E-state index contributed by atoms with van der Waals surface area (Å²) in [7, 11) is 0. The number of aromatic amines is 1. The van der Waals surface area contributed by atoms with E-state index in [1.807, 2.05) is 0 Å². The predicted octanol–water partition coefficient (Wildman–Crippen LogP) is 2.86. The Hall–Kier alpha value is -0.420. The molecule has 0 amide bonds. The Morgan fingerprint density at radius 3 is 2.69 bits per heavy atom. The first-order valence-electron chi connectivity index (χ1n) is 3.32. The van der Waals surface area contributed by atoms with Crippen LogP contribution in [0.3, 0.4) is 0 Å². The number of halogens is 4. The van der Waals surface area contributed by atoms with Crippen LogP contribution in [0.25, 0.3) is 0 Å². The number of rotatable bonds is 2. The van der Waals surface area contributed by atoms with Gasteiger partial charge in [-0.1, -0.05) is 27.5 Å². The van der Waals surface area contributed by atoms with Crippen LogP contribution in [-0.2, 0) is 5.33 Å². The molecule has 0 aliphatic rings. The Morgan fingerprint density at radius 2 is 2.23 bits per heavy atom. The third kappa shape index (κ3) is 2.28. The van der Waals surface area contributed by atoms with Crippen molar-refractivity contribution < 1.29 is 8.78 Å². The average molecular weight is 272 g/mol. The van der Waals surface area contributed by atoms with Gasteiger partial charge >= 0.3 is 0 Å². The molecule has 2 nitrogen and oxygen atoms in total. The molecule has 1 N–H and O–H groups in total. The van der Waals surface area contributed by atoms with E-state index in [0.29, 0.717) is 0 Å². The third-order valence-electron chi connectivity index (χ3n) is 1.45. The monoisotopic (exact) mass is 271 g/mol. The van der Waals surface area contributed by atoms with Crippen molar-refractivity contribution in [3.05, 3.63) is 32.7 Å². The smallest absolute Gasteiger partial charge is 0.265 e. The highest BCUT2D eigenvalue weighted by Crippen LogP contribution is 2.28. The lowest BCUT2D eigenvalue weighted by atomic mass is 10.2. The van der Waals surface area contributed by atoms with Gasteiger partial charge in [0.1, 0.15) is 0 Å². The minimum atomic E-state index is -2.73. The number of hydrogen-bond acceptors (Lipinski definition) is 1. The first-order valence-corrected chi connectivity index (χ1v) is 4.82. The molecule has 1 aromatic rings. The fraction of sp³-hybridized carbons (Fsp3) is 0.286. The van der Waals surface area contributed by atoms with Gasteiger partial charge in [-0.05, 0) is 0 Å². The summed E-state index contributed by atoms with van der Waals surface area (Å²) in [5.41, 5.74) is -0.738. The topological polar surface area (TPSA) is 32.9 Å². The van der Waals surface area contributed by atoms with E-state index < -0.39 is 17.5 Å². The molecule has 1 heterocycles. The molecule has 0 aliphatic heterocycles. The van der Waals surface area contributed by atoms with E-state index in [-0.39, 0.29) is 16.0 Å². The van der Waals surface area contributed by atoms with E-state index in [0.717, 1.165) is 6.07 Å². The van der Waals surface area contributed by atoms with Crippen LogP contribution in [0.4, 0.5) is 8.78 Å². The molecular formula is C7H5BrClF2NO. The van der Waals surface area contributed by atoms with Crippen molar-refractivity contribution in [2.45, 2.75) is 11.8 Å². The predicted molar refractivity (Wildman–Crippen MR) is 49.7 cm³/mol. The Kier molecular flexibility index (Phi) is 3.44. The number of hydrogen-bond donors (Lipinski definition) is 1. The molecule has 1 aromatic heterocycles. The van der Waals surface area contributed by atoms with Crippen molar-refractivity contribution in [2.75, 3.05) is 0 Å². The highest BCUT2D eigenvalue weighted by molar-refractivity contribution is 9.08. The van der Waals surface area contributed by atoms with E-state index in [1.165, 1.54) is 0 Å². The molecule has 0 atom stereocenters. The van der Waals surface area contributed by atoms with Gasteiger partial charge in [0.15, 0.2) is 0 Å². The normalized spacial score (nSPS) is 10.8. The van der Waals surface area contributed by atoms with Crippen LogP contribution in [0.5, 0.6) is 0 Å². The molecule has 0 unspecified atom stereocenters. The maximum atomic E-state index is 12.3. The van der Waals surface area contributed by atoms with E-state index in [1.54, 1.807) is 0 Å². The van der Waals surface area contributed by atoms with E-state index in [4.69, 9.17) is 11.6 Å². The summed E-state index contributed by atoms with van der Waals surface area (Å²) < 4.78 is 24.5. The summed E-state index contributed by atoms with van der Waals surface area (Å²) >= 11 is 8.62. The zero-order valence-electron chi connectivity index (χ0n) is 6.28. The van der Waals surface area contributed by atoms with Crippen molar-refractivity contribution in [1.29, 1.82) is 0 Å². The van der Waals surface area contributed by atoms with Crippen LogP contribution in [0.15, 0.2) is 10.9 Å². The van der Waals surface area contributed by atoms with Gasteiger partial charge in [-0.15, -0.1) is 0 Å². The van der Waals surface area contributed by atoms with Crippen molar-refractivity contribution in [2.24, 2.45) is 0 Å². The second-order valence-corrected chi connectivity index (χ2v) is 3.25. The first-order chi connectivity index (χ1) is 6.06. The van der Waals surface area contributed by atoms with E-state index in [2.05, 4.69) is 20.9 Å². The summed E-state index contributed by atoms with van der Waals surface area (Å²) in [5.74, 6) is 0. The van der Waals surface area contributed by atoms with Crippen molar-refractivity contribution in [3.63, 3.8) is 0 Å². The summed E-state index contributed by atoms with van der Waals surface area (Å²) in [6.07, 6.45) is -2.73. The van der Waals surface area contributed by atoms with Crippen molar-refractivity contribution >= 4 is 27.5 Å². The number of aromatic nitrogens is 1. The number of nitrogens with one attached hydrogen (secondary N) is 1. The summed E-state index contributed by atoms with van der Waals surface area (Å²) in [6, 6.07) is 0.805. The number of H-pyrrole nitrogens is 1. The van der Waals surface area contributed by atoms with Gasteiger partial charge in [0, 0.05) is 22.7 Å². The Morgan fingerprint density at radius 1 is 1.62 bits per heavy atom. The standard InChI is InChI=1S/C7H5BrClF2NO/c8-2-4-6(9)3(7(10)11)1-5(13)12-4/h1,7H,2H2,(H,12,13). The molecule has 1 rings (SSSR count). The molecule has 0 aliphatic carbocycles. The molecule has 13 heavy (non-hydrogen) atoms. The maximum absolute atomic E-state index is 12.3. The second kappa shape index (κ2) is 4.19. The highest BCUT2D eigenvalue weighted by Gasteiger charge is 2.15. The van der Waals surface area contributed by atoms with E-state index >= 15 is 0 Å². The van der Waals surface area contributed by atoms with Crippen LogP contribution < -0.4 is 5.56 Å². The van der Waals surface area contributed by atoms with Crippen molar-refractivity contribution in [3.8, 4) is 0 Å². The molecule has 6 heteroatoms. The third-order valence-corrected chi connectivity index (χ3v) is 2.45. The molecule has 0 fully saturated rings. The highest BCUT2D eigenvalue weighted by atomic mass is 79.9. The molecule has 0 bridgehead atoms. The van der Waals surface area contributed by atoms with Crippen LogP contribution in [0.2, 0.25) is 5.02 Å². The first kappa shape index (κ1) is 10.7. The molecular weight excluding hydrogens is 267 g/mol. The van der Waals surface area contributed by atoms with Gasteiger partial charge in [-0.25, -0.2) is 8.78 Å². The Balaban J connectivity index is 3.36. The lowest BCUT2D eigenvalue weighted by molar-refractivity contribution is 0.151. The van der Waals surface area contributed by atoms with Gasteiger partial charge in [-0.3, -0.25) is 4.79 Å². The lowest BCUT2D eigenvalue weighted by Gasteiger charge is -2.05. The van der Waals surface area contributed by atoms with Crippen LogP contribution in [0.1, 0.15) is 17.7 Å². The molecule has 0 radical (unpaired) electrons. The number of alkyl halides is 3. The fourth-order valence-corrected chi connectivity index (χ4v) is 1.70. The SMILES string of the molecule is O=c1cc(C(F)F)c(Cl)c(CBr)[nH]1. The van der Waals surface area contributed by atoms with Crippen LogP contribution in [-0.4, -0.2) is 4.98 Å². The molecule has 0 saturated carbocycles. The van der Waals surface area contributed by atoms with Crippen LogP contribution >= 0.6 is 27.5 Å². The molecule has 72 valence electrons. The van der Waals surface area contributed by atoms with Gasteiger partial charge in [-0.2, -0.15) is 0 Å². The molecule has 0 spiro atoms. The molecule has 0 aromatic carbocycles. The van der Waals surface area contributed by atoms with Gasteiger partial charge in [0.25, 0.3) is 6.43 Å². The lowest BCUT2D eigenvalue weighted by Crippen LogP contribution is -2.10. The number of pyridine rings is 1. The van der Waals surface area contributed by atoms with Gasteiger partial charge < -0.3 is 4.98 Å². The van der Waals surface area contributed by atoms with Gasteiger partial charge in [0.05, 0.1) is 5.02 Å².